The van der Waals surface area contributed by atoms with E-state index in [2.05, 4.69) is 12.1 Å². The molecule has 0 aliphatic heterocycles. The van der Waals surface area contributed by atoms with Crippen LogP contribution in [0.15, 0.2) is 23.4 Å². The molecule has 0 fully saturated rings. The highest BCUT2D eigenvalue weighted by Crippen LogP contribution is 2.22. The molecule has 5 heteroatoms. The van der Waals surface area contributed by atoms with Crippen LogP contribution in [0.1, 0.15) is 24.5 Å². The smallest absolute Gasteiger partial charge is 0.172 e. The van der Waals surface area contributed by atoms with Crippen molar-refractivity contribution in [3.05, 3.63) is 29.3 Å². The standard InChI is InChI=1S/C13H21N3O2/c1-3-6-16(7-8-17)12-5-4-10(2)9-11(12)13(14)15-18/h4-5,9,17-18H,3,6-8H2,1-2H3,(H2,14,15). The van der Waals surface area contributed by atoms with Gasteiger partial charge in [-0.05, 0) is 25.5 Å². The van der Waals surface area contributed by atoms with E-state index in [0.29, 0.717) is 12.1 Å². The van der Waals surface area contributed by atoms with Gasteiger partial charge >= 0.3 is 0 Å². The summed E-state index contributed by atoms with van der Waals surface area (Å²) in [6.45, 7) is 5.44. The predicted molar refractivity (Wildman–Crippen MR) is 73.3 cm³/mol. The van der Waals surface area contributed by atoms with E-state index in [1.165, 1.54) is 0 Å². The quantitative estimate of drug-likeness (QED) is 0.308. The number of hydrogen-bond donors (Lipinski definition) is 3. The van der Waals surface area contributed by atoms with Gasteiger partial charge in [-0.25, -0.2) is 0 Å². The molecule has 1 aromatic rings. The molecule has 0 aliphatic rings. The molecule has 4 N–H and O–H groups in total. The molecule has 100 valence electrons. The minimum Gasteiger partial charge on any atom is -0.409 e. The van der Waals surface area contributed by atoms with Crippen LogP contribution in [0.2, 0.25) is 0 Å². The number of rotatable bonds is 6. The maximum Gasteiger partial charge on any atom is 0.172 e. The molecule has 0 amide bonds. The van der Waals surface area contributed by atoms with Gasteiger partial charge in [-0.2, -0.15) is 0 Å². The maximum absolute atomic E-state index is 9.11. The first-order chi connectivity index (χ1) is 8.63. The van der Waals surface area contributed by atoms with Gasteiger partial charge in [0, 0.05) is 24.3 Å². The summed E-state index contributed by atoms with van der Waals surface area (Å²) in [7, 11) is 0. The Morgan fingerprint density at radius 2 is 2.11 bits per heavy atom. The fourth-order valence-corrected chi connectivity index (χ4v) is 1.93. The zero-order chi connectivity index (χ0) is 13.5. The van der Waals surface area contributed by atoms with Crippen LogP contribution >= 0.6 is 0 Å². The lowest BCUT2D eigenvalue weighted by Gasteiger charge is -2.26. The van der Waals surface area contributed by atoms with E-state index in [9.17, 15) is 0 Å². The van der Waals surface area contributed by atoms with Gasteiger partial charge in [-0.15, -0.1) is 0 Å². The molecule has 0 atom stereocenters. The molecule has 0 aromatic heterocycles. The van der Waals surface area contributed by atoms with E-state index in [-0.39, 0.29) is 12.4 Å². The van der Waals surface area contributed by atoms with Crippen molar-refractivity contribution in [3.8, 4) is 0 Å². The Morgan fingerprint density at radius 1 is 1.39 bits per heavy atom. The van der Waals surface area contributed by atoms with Gasteiger partial charge in [-0.3, -0.25) is 0 Å². The molecular weight excluding hydrogens is 230 g/mol. The molecule has 0 saturated carbocycles. The molecule has 0 aliphatic carbocycles. The zero-order valence-corrected chi connectivity index (χ0v) is 10.9. The Balaban J connectivity index is 3.19. The average molecular weight is 251 g/mol. The van der Waals surface area contributed by atoms with Gasteiger partial charge in [0.05, 0.1) is 6.61 Å². The lowest BCUT2D eigenvalue weighted by Crippen LogP contribution is -2.30. The van der Waals surface area contributed by atoms with Crippen LogP contribution < -0.4 is 10.6 Å². The summed E-state index contributed by atoms with van der Waals surface area (Å²) in [5.74, 6) is 0.0905. The molecule has 1 rings (SSSR count). The van der Waals surface area contributed by atoms with E-state index in [1.54, 1.807) is 0 Å². The lowest BCUT2D eigenvalue weighted by molar-refractivity contribution is 0.302. The third-order valence-electron chi connectivity index (χ3n) is 2.74. The number of aryl methyl sites for hydroxylation is 1. The van der Waals surface area contributed by atoms with Gasteiger partial charge in [0.1, 0.15) is 0 Å². The first-order valence-electron chi connectivity index (χ1n) is 6.08. The van der Waals surface area contributed by atoms with Crippen molar-refractivity contribution in [1.82, 2.24) is 0 Å². The first kappa shape index (κ1) is 14.3. The third kappa shape index (κ3) is 3.37. The fraction of sp³-hybridized carbons (Fsp3) is 0.462. The number of nitrogens with zero attached hydrogens (tertiary/aromatic N) is 2. The predicted octanol–water partition coefficient (Wildman–Crippen LogP) is 1.30. The Bertz CT molecular complexity index is 413. The van der Waals surface area contributed by atoms with E-state index in [1.807, 2.05) is 30.0 Å². The van der Waals surface area contributed by atoms with Crippen molar-refractivity contribution >= 4 is 11.5 Å². The largest absolute Gasteiger partial charge is 0.409 e. The summed E-state index contributed by atoms with van der Waals surface area (Å²) in [5.41, 5.74) is 8.32. The molecule has 0 unspecified atom stereocenters. The van der Waals surface area contributed by atoms with Crippen LogP contribution in [0.5, 0.6) is 0 Å². The number of oxime groups is 1. The van der Waals surface area contributed by atoms with Gasteiger partial charge in [0.2, 0.25) is 0 Å². The third-order valence-corrected chi connectivity index (χ3v) is 2.74. The Morgan fingerprint density at radius 3 is 2.67 bits per heavy atom. The SMILES string of the molecule is CCCN(CCO)c1ccc(C)cc1/C(N)=N/O. The minimum atomic E-state index is 0.0729. The zero-order valence-electron chi connectivity index (χ0n) is 10.9. The normalized spacial score (nSPS) is 11.6. The Labute approximate surface area is 108 Å². The van der Waals surface area contributed by atoms with Gasteiger partial charge in [0.25, 0.3) is 0 Å². The van der Waals surface area contributed by atoms with E-state index in [0.717, 1.165) is 24.2 Å². The van der Waals surface area contributed by atoms with Gasteiger partial charge in [0.15, 0.2) is 5.84 Å². The summed E-state index contributed by atoms with van der Waals surface area (Å²) in [5, 5.41) is 21.0. The van der Waals surface area contributed by atoms with Gasteiger partial charge in [-0.1, -0.05) is 23.7 Å². The summed E-state index contributed by atoms with van der Waals surface area (Å²) < 4.78 is 0. The molecule has 0 saturated heterocycles. The average Bonchev–Trinajstić information content (AvgIpc) is 2.37. The van der Waals surface area contributed by atoms with E-state index in [4.69, 9.17) is 16.0 Å². The number of anilines is 1. The van der Waals surface area contributed by atoms with Crippen molar-refractivity contribution in [1.29, 1.82) is 0 Å². The van der Waals surface area contributed by atoms with Crippen LogP contribution in [0.25, 0.3) is 0 Å². The topological polar surface area (TPSA) is 82.1 Å². The van der Waals surface area contributed by atoms with Crippen LogP contribution in [-0.4, -0.2) is 35.8 Å². The van der Waals surface area contributed by atoms with Crippen molar-refractivity contribution < 1.29 is 10.3 Å². The number of hydrogen-bond acceptors (Lipinski definition) is 4. The summed E-state index contributed by atoms with van der Waals surface area (Å²) >= 11 is 0. The molecule has 0 spiro atoms. The van der Waals surface area contributed by atoms with E-state index < -0.39 is 0 Å². The highest BCUT2D eigenvalue weighted by atomic mass is 16.4. The number of benzene rings is 1. The van der Waals surface area contributed by atoms with Crippen molar-refractivity contribution in [2.45, 2.75) is 20.3 Å². The van der Waals surface area contributed by atoms with Crippen LogP contribution in [-0.2, 0) is 0 Å². The molecular formula is C13H21N3O2. The molecule has 0 radical (unpaired) electrons. The molecule has 0 bridgehead atoms. The Kier molecular flexibility index (Phi) is 5.45. The monoisotopic (exact) mass is 251 g/mol. The van der Waals surface area contributed by atoms with Crippen molar-refractivity contribution in [2.75, 3.05) is 24.6 Å². The first-order valence-corrected chi connectivity index (χ1v) is 6.08. The van der Waals surface area contributed by atoms with Crippen LogP contribution in [0.4, 0.5) is 5.69 Å². The molecule has 1 aromatic carbocycles. The highest BCUT2D eigenvalue weighted by Gasteiger charge is 2.13. The lowest BCUT2D eigenvalue weighted by atomic mass is 10.1. The number of aliphatic hydroxyl groups excluding tert-OH is 1. The highest BCUT2D eigenvalue weighted by molar-refractivity contribution is 6.02. The number of aliphatic hydroxyl groups is 1. The van der Waals surface area contributed by atoms with Crippen LogP contribution in [0, 0.1) is 6.92 Å². The molecule has 5 nitrogen and oxygen atoms in total. The summed E-state index contributed by atoms with van der Waals surface area (Å²) in [6.07, 6.45) is 0.962. The minimum absolute atomic E-state index is 0.0729. The van der Waals surface area contributed by atoms with E-state index >= 15 is 0 Å². The molecule has 18 heavy (non-hydrogen) atoms. The second-order valence-corrected chi connectivity index (χ2v) is 4.22. The second kappa shape index (κ2) is 6.86. The number of amidine groups is 1. The second-order valence-electron chi connectivity index (χ2n) is 4.22. The summed E-state index contributed by atoms with van der Waals surface area (Å²) in [6, 6.07) is 5.79. The van der Waals surface area contributed by atoms with Crippen molar-refractivity contribution in [2.24, 2.45) is 10.9 Å². The van der Waals surface area contributed by atoms with Gasteiger partial charge < -0.3 is 20.9 Å². The van der Waals surface area contributed by atoms with Crippen molar-refractivity contribution in [3.63, 3.8) is 0 Å². The Hall–Kier alpha value is -1.75. The number of nitrogens with two attached hydrogens (primary N) is 1. The fourth-order valence-electron chi connectivity index (χ4n) is 1.93. The van der Waals surface area contributed by atoms with Crippen LogP contribution in [0.3, 0.4) is 0 Å². The maximum atomic E-state index is 9.11. The summed E-state index contributed by atoms with van der Waals surface area (Å²) in [4.78, 5) is 2.03. The molecule has 0 heterocycles.